The number of nitrogens with zero attached hydrogens (tertiary/aromatic N) is 3. The SMILES string of the molecule is Cc1ccc2c(/C(N)=C/N(N)c3ccc(C4CCN(CC(O)C(F)(F)F)CC4)cc3)n[nH]c2c1. The highest BCUT2D eigenvalue weighted by molar-refractivity contribution is 5.90. The number of hydrogen-bond acceptors (Lipinski definition) is 6. The summed E-state index contributed by atoms with van der Waals surface area (Å²) in [6.45, 7) is 2.65. The number of H-pyrrole nitrogens is 1. The van der Waals surface area contributed by atoms with Crippen molar-refractivity contribution >= 4 is 22.3 Å². The number of nitrogens with one attached hydrogen (secondary N) is 1. The lowest BCUT2D eigenvalue weighted by Crippen LogP contribution is -2.43. The number of aryl methyl sites for hydroxylation is 1. The average Bonchev–Trinajstić information content (AvgIpc) is 3.22. The molecule has 0 spiro atoms. The highest BCUT2D eigenvalue weighted by Crippen LogP contribution is 2.30. The maximum Gasteiger partial charge on any atom is 0.415 e. The fourth-order valence-electron chi connectivity index (χ4n) is 4.35. The fraction of sp³-hybridized carbons (Fsp3) is 0.375. The van der Waals surface area contributed by atoms with Gasteiger partial charge in [-0.15, -0.1) is 0 Å². The van der Waals surface area contributed by atoms with Crippen molar-refractivity contribution in [2.24, 2.45) is 11.6 Å². The molecule has 1 aliphatic rings. The van der Waals surface area contributed by atoms with Crippen LogP contribution in [0.5, 0.6) is 0 Å². The zero-order valence-corrected chi connectivity index (χ0v) is 18.9. The molecule has 10 heteroatoms. The predicted octanol–water partition coefficient (Wildman–Crippen LogP) is 3.61. The molecule has 34 heavy (non-hydrogen) atoms. The summed E-state index contributed by atoms with van der Waals surface area (Å²) in [4.78, 5) is 1.66. The monoisotopic (exact) mass is 474 g/mol. The Hall–Kier alpha value is -3.08. The molecule has 2 heterocycles. The second kappa shape index (κ2) is 9.65. The van der Waals surface area contributed by atoms with E-state index in [9.17, 15) is 18.3 Å². The summed E-state index contributed by atoms with van der Waals surface area (Å²) in [6.07, 6.45) is -3.80. The second-order valence-electron chi connectivity index (χ2n) is 8.84. The molecule has 0 aliphatic carbocycles. The zero-order valence-electron chi connectivity index (χ0n) is 18.9. The third kappa shape index (κ3) is 5.35. The van der Waals surface area contributed by atoms with Gasteiger partial charge < -0.3 is 15.7 Å². The van der Waals surface area contributed by atoms with E-state index in [1.165, 1.54) is 5.01 Å². The van der Waals surface area contributed by atoms with Crippen molar-refractivity contribution in [3.05, 3.63) is 65.5 Å². The number of nitrogens with two attached hydrogens (primary N) is 2. The van der Waals surface area contributed by atoms with Crippen molar-refractivity contribution in [1.82, 2.24) is 15.1 Å². The molecule has 0 radical (unpaired) electrons. The van der Waals surface area contributed by atoms with E-state index in [1.54, 1.807) is 11.1 Å². The van der Waals surface area contributed by atoms with Gasteiger partial charge in [0.25, 0.3) is 0 Å². The largest absolute Gasteiger partial charge is 0.415 e. The lowest BCUT2D eigenvalue weighted by Gasteiger charge is -2.33. The van der Waals surface area contributed by atoms with Crippen LogP contribution >= 0.6 is 0 Å². The van der Waals surface area contributed by atoms with Crippen LogP contribution in [0.1, 0.15) is 35.6 Å². The number of aliphatic hydroxyl groups is 1. The second-order valence-corrected chi connectivity index (χ2v) is 8.84. The highest BCUT2D eigenvalue weighted by Gasteiger charge is 2.39. The molecule has 1 atom stereocenters. The van der Waals surface area contributed by atoms with E-state index in [4.69, 9.17) is 11.6 Å². The van der Waals surface area contributed by atoms with Crippen molar-refractivity contribution in [3.63, 3.8) is 0 Å². The number of halogens is 3. The maximum atomic E-state index is 12.6. The Morgan fingerprint density at radius 1 is 1.24 bits per heavy atom. The fourth-order valence-corrected chi connectivity index (χ4v) is 4.35. The minimum Gasteiger partial charge on any atom is -0.396 e. The molecule has 0 amide bonds. The van der Waals surface area contributed by atoms with Gasteiger partial charge in [-0.3, -0.25) is 10.1 Å². The van der Waals surface area contributed by atoms with Crippen molar-refractivity contribution < 1.29 is 18.3 Å². The van der Waals surface area contributed by atoms with Crippen LogP contribution in [0.2, 0.25) is 0 Å². The summed E-state index contributed by atoms with van der Waals surface area (Å²) in [7, 11) is 0. The van der Waals surface area contributed by atoms with Crippen molar-refractivity contribution in [2.75, 3.05) is 24.6 Å². The van der Waals surface area contributed by atoms with Crippen LogP contribution in [0.4, 0.5) is 18.9 Å². The first kappa shape index (κ1) is 24.1. The number of anilines is 1. The molecule has 0 saturated carbocycles. The third-order valence-corrected chi connectivity index (χ3v) is 6.33. The van der Waals surface area contributed by atoms with Crippen LogP contribution in [0.3, 0.4) is 0 Å². The van der Waals surface area contributed by atoms with Gasteiger partial charge in [-0.1, -0.05) is 24.3 Å². The molecular weight excluding hydrogens is 445 g/mol. The lowest BCUT2D eigenvalue weighted by molar-refractivity contribution is -0.208. The van der Waals surface area contributed by atoms with Crippen LogP contribution in [0.25, 0.3) is 16.6 Å². The molecule has 6 N–H and O–H groups in total. The Labute approximate surface area is 195 Å². The first-order chi connectivity index (χ1) is 16.1. The molecule has 3 aromatic rings. The summed E-state index contributed by atoms with van der Waals surface area (Å²) in [6, 6.07) is 13.7. The first-order valence-corrected chi connectivity index (χ1v) is 11.1. The Morgan fingerprint density at radius 2 is 1.91 bits per heavy atom. The predicted molar refractivity (Wildman–Crippen MR) is 127 cm³/mol. The van der Waals surface area contributed by atoms with Gasteiger partial charge in [-0.2, -0.15) is 18.3 Å². The topological polar surface area (TPSA) is 107 Å². The molecule has 1 aromatic heterocycles. The number of aliphatic hydroxyl groups excluding tert-OH is 1. The number of aromatic nitrogens is 2. The molecular formula is C24H29F3N6O. The van der Waals surface area contributed by atoms with Crippen LogP contribution in [-0.2, 0) is 0 Å². The van der Waals surface area contributed by atoms with Crippen LogP contribution < -0.4 is 16.6 Å². The van der Waals surface area contributed by atoms with Gasteiger partial charge in [-0.05, 0) is 68.1 Å². The van der Waals surface area contributed by atoms with Gasteiger partial charge in [0, 0.05) is 18.1 Å². The van der Waals surface area contributed by atoms with Gasteiger partial charge >= 0.3 is 6.18 Å². The van der Waals surface area contributed by atoms with Gasteiger partial charge in [0.1, 0.15) is 5.69 Å². The number of aromatic amines is 1. The Kier molecular flexibility index (Phi) is 6.83. The number of fused-ring (bicyclic) bond motifs is 1. The standard InChI is InChI=1S/C24H29F3N6O/c1-15-2-7-19-21(12-15)30-31-23(19)20(28)13-33(29)18-5-3-16(4-6-18)17-8-10-32(11-9-17)14-22(34)24(25,26)27/h2-7,12-13,17,22,34H,8-11,14,28-29H2,1H3,(H,30,31)/b20-13-. The third-order valence-electron chi connectivity index (χ3n) is 6.33. The van der Waals surface area contributed by atoms with Crippen molar-refractivity contribution in [3.8, 4) is 0 Å². The molecule has 1 fully saturated rings. The van der Waals surface area contributed by atoms with E-state index in [1.807, 2.05) is 49.4 Å². The van der Waals surface area contributed by atoms with Gasteiger partial charge in [0.15, 0.2) is 6.10 Å². The van der Waals surface area contributed by atoms with E-state index in [-0.39, 0.29) is 12.5 Å². The van der Waals surface area contributed by atoms with Crippen LogP contribution in [0, 0.1) is 6.92 Å². The number of rotatable bonds is 6. The van der Waals surface area contributed by atoms with E-state index in [0.29, 0.717) is 24.5 Å². The summed E-state index contributed by atoms with van der Waals surface area (Å²) in [5.74, 6) is 6.46. The number of β-amino-alcohol motifs (C(OH)–C–C–N with tert-alkyl or cyclic N) is 1. The smallest absolute Gasteiger partial charge is 0.396 e. The molecule has 1 unspecified atom stereocenters. The van der Waals surface area contributed by atoms with E-state index < -0.39 is 12.3 Å². The molecule has 2 aromatic carbocycles. The summed E-state index contributed by atoms with van der Waals surface area (Å²) < 4.78 is 37.8. The van der Waals surface area contributed by atoms with Gasteiger partial charge in [-0.25, -0.2) is 5.84 Å². The molecule has 1 aliphatic heterocycles. The normalized spacial score (nSPS) is 17.3. The maximum absolute atomic E-state index is 12.6. The quantitative estimate of drug-likeness (QED) is 0.321. The van der Waals surface area contributed by atoms with Gasteiger partial charge in [0.05, 0.1) is 16.9 Å². The Morgan fingerprint density at radius 3 is 2.56 bits per heavy atom. The van der Waals surface area contributed by atoms with Crippen molar-refractivity contribution in [2.45, 2.75) is 38.0 Å². The zero-order chi connectivity index (χ0) is 24.5. The molecule has 4 rings (SSSR count). The number of benzene rings is 2. The number of hydrazine groups is 1. The van der Waals surface area contributed by atoms with Crippen LogP contribution in [0.15, 0.2) is 48.7 Å². The average molecular weight is 475 g/mol. The van der Waals surface area contributed by atoms with Gasteiger partial charge in [0.2, 0.25) is 0 Å². The Balaban J connectivity index is 1.38. The minimum absolute atomic E-state index is 0.249. The highest BCUT2D eigenvalue weighted by atomic mass is 19.4. The van der Waals surface area contributed by atoms with E-state index in [2.05, 4.69) is 10.2 Å². The number of piperidine rings is 1. The summed E-state index contributed by atoms with van der Waals surface area (Å²) >= 11 is 0. The molecule has 7 nitrogen and oxygen atoms in total. The first-order valence-electron chi connectivity index (χ1n) is 11.1. The Bertz CT molecular complexity index is 1150. The van der Waals surface area contributed by atoms with Crippen LogP contribution in [-0.4, -0.2) is 52.1 Å². The van der Waals surface area contributed by atoms with E-state index in [0.717, 1.165) is 40.6 Å². The molecule has 0 bridgehead atoms. The van der Waals surface area contributed by atoms with E-state index >= 15 is 0 Å². The summed E-state index contributed by atoms with van der Waals surface area (Å²) in [5.41, 5.74) is 11.2. The number of likely N-dealkylation sites (tertiary alicyclic amines) is 1. The lowest BCUT2D eigenvalue weighted by atomic mass is 9.89. The number of hydrogen-bond donors (Lipinski definition) is 4. The number of alkyl halides is 3. The van der Waals surface area contributed by atoms with Crippen molar-refractivity contribution in [1.29, 1.82) is 0 Å². The minimum atomic E-state index is -4.58. The molecule has 182 valence electrons. The molecule has 1 saturated heterocycles. The summed E-state index contributed by atoms with van der Waals surface area (Å²) in [5, 5.41) is 18.9.